The van der Waals surface area contributed by atoms with Crippen LogP contribution in [0.25, 0.3) is 10.8 Å². The smallest absolute Gasteiger partial charge is 0.399 e. The number of halogens is 1. The number of nitrogens with zero attached hydrogens (tertiary/aromatic N) is 3. The SMILES string of the molecule is Cc1cc(F)cc2ccnc(N(C(=O)c3ccc(B4OC(C)(C)C(C)(C)O4)cn3)C3CCCNC3)c12. The first kappa shape index (κ1) is 24.8. The summed E-state index contributed by atoms with van der Waals surface area (Å²) in [6.45, 7) is 11.4. The number of aryl methyl sites for hydroxylation is 1. The molecule has 1 aromatic carbocycles. The van der Waals surface area contributed by atoms with Crippen molar-refractivity contribution in [1.82, 2.24) is 15.3 Å². The molecule has 2 aliphatic heterocycles. The Morgan fingerprint density at radius 1 is 1.14 bits per heavy atom. The van der Waals surface area contributed by atoms with Crippen molar-refractivity contribution in [2.75, 3.05) is 18.0 Å². The van der Waals surface area contributed by atoms with Crippen molar-refractivity contribution in [3.63, 3.8) is 0 Å². The molecule has 0 radical (unpaired) electrons. The number of benzene rings is 1. The van der Waals surface area contributed by atoms with Crippen LogP contribution in [0.15, 0.2) is 42.7 Å². The summed E-state index contributed by atoms with van der Waals surface area (Å²) in [7, 11) is -0.553. The van der Waals surface area contributed by atoms with Crippen LogP contribution in [0.3, 0.4) is 0 Å². The van der Waals surface area contributed by atoms with E-state index in [9.17, 15) is 9.18 Å². The molecule has 0 saturated carbocycles. The van der Waals surface area contributed by atoms with E-state index in [0.717, 1.165) is 35.8 Å². The molecular weight excluding hydrogens is 458 g/mol. The highest BCUT2D eigenvalue weighted by Gasteiger charge is 2.51. The van der Waals surface area contributed by atoms with Gasteiger partial charge in [-0.1, -0.05) is 6.07 Å². The number of pyridine rings is 2. The van der Waals surface area contributed by atoms with Crippen LogP contribution in [0, 0.1) is 12.7 Å². The summed E-state index contributed by atoms with van der Waals surface area (Å²) in [5.41, 5.74) is 0.867. The molecule has 2 saturated heterocycles. The van der Waals surface area contributed by atoms with Gasteiger partial charge in [0.05, 0.1) is 17.2 Å². The number of fused-ring (bicyclic) bond motifs is 1. The van der Waals surface area contributed by atoms with Crippen LogP contribution in [0.2, 0.25) is 0 Å². The lowest BCUT2D eigenvalue weighted by Gasteiger charge is -2.34. The third-order valence-electron chi connectivity index (χ3n) is 7.62. The molecule has 2 aliphatic rings. The van der Waals surface area contributed by atoms with E-state index in [2.05, 4.69) is 15.3 Å². The van der Waals surface area contributed by atoms with Gasteiger partial charge in [-0.3, -0.25) is 14.7 Å². The summed E-state index contributed by atoms with van der Waals surface area (Å²) in [5.74, 6) is -0.0252. The zero-order valence-electron chi connectivity index (χ0n) is 21.5. The highest BCUT2D eigenvalue weighted by Crippen LogP contribution is 2.36. The summed E-state index contributed by atoms with van der Waals surface area (Å²) < 4.78 is 26.4. The van der Waals surface area contributed by atoms with Crippen molar-refractivity contribution < 1.29 is 18.5 Å². The van der Waals surface area contributed by atoms with E-state index in [1.807, 2.05) is 40.7 Å². The molecule has 188 valence electrons. The third-order valence-corrected chi connectivity index (χ3v) is 7.62. The van der Waals surface area contributed by atoms with Gasteiger partial charge in [0.2, 0.25) is 0 Å². The number of hydrogen-bond acceptors (Lipinski definition) is 6. The second-order valence-electron chi connectivity index (χ2n) is 10.7. The molecule has 0 bridgehead atoms. The Labute approximate surface area is 211 Å². The maximum absolute atomic E-state index is 14.1. The second-order valence-corrected chi connectivity index (χ2v) is 10.7. The van der Waals surface area contributed by atoms with Crippen LogP contribution >= 0.6 is 0 Å². The Balaban J connectivity index is 1.51. The maximum Gasteiger partial charge on any atom is 0.496 e. The quantitative estimate of drug-likeness (QED) is 0.562. The topological polar surface area (TPSA) is 76.6 Å². The van der Waals surface area contributed by atoms with E-state index in [1.54, 1.807) is 29.4 Å². The highest BCUT2D eigenvalue weighted by atomic mass is 19.1. The summed E-state index contributed by atoms with van der Waals surface area (Å²) >= 11 is 0. The number of piperidine rings is 1. The number of anilines is 1. The molecule has 3 aromatic rings. The molecular formula is C27H32BFN4O3. The Bertz CT molecular complexity index is 1280. The van der Waals surface area contributed by atoms with E-state index in [1.165, 1.54) is 12.1 Å². The summed E-state index contributed by atoms with van der Waals surface area (Å²) in [4.78, 5) is 24.8. The fraction of sp³-hybridized carbons (Fsp3) is 0.444. The number of rotatable bonds is 4. The van der Waals surface area contributed by atoms with Crippen LogP contribution in [0.5, 0.6) is 0 Å². The van der Waals surface area contributed by atoms with Gasteiger partial charge >= 0.3 is 7.12 Å². The van der Waals surface area contributed by atoms with Crippen molar-refractivity contribution >= 4 is 35.1 Å². The minimum Gasteiger partial charge on any atom is -0.399 e. The Hall–Kier alpha value is -2.88. The zero-order valence-corrected chi connectivity index (χ0v) is 21.5. The van der Waals surface area contributed by atoms with E-state index in [4.69, 9.17) is 9.31 Å². The van der Waals surface area contributed by atoms with Crippen LogP contribution < -0.4 is 15.7 Å². The standard InChI is InChI=1S/C27H32BFN4O3/c1-17-13-20(29)14-18-10-12-31-24(23(17)18)33(21-7-6-11-30-16-21)25(34)22-9-8-19(15-32-22)28-35-26(2,3)27(4,5)36-28/h8-10,12-15,21,30H,6-7,11,16H2,1-5H3. The van der Waals surface area contributed by atoms with Crippen LogP contribution in [0.1, 0.15) is 56.6 Å². The van der Waals surface area contributed by atoms with Crippen LogP contribution in [0.4, 0.5) is 10.2 Å². The number of aromatic nitrogens is 2. The first-order chi connectivity index (χ1) is 17.1. The van der Waals surface area contributed by atoms with Gasteiger partial charge in [-0.15, -0.1) is 0 Å². The van der Waals surface area contributed by atoms with Gasteiger partial charge in [0, 0.05) is 29.8 Å². The fourth-order valence-electron chi connectivity index (χ4n) is 4.90. The van der Waals surface area contributed by atoms with E-state index < -0.39 is 18.3 Å². The Morgan fingerprint density at radius 3 is 2.53 bits per heavy atom. The molecule has 2 fully saturated rings. The number of nitrogens with one attached hydrogen (secondary N) is 1. The molecule has 1 N–H and O–H groups in total. The molecule has 36 heavy (non-hydrogen) atoms. The summed E-state index contributed by atoms with van der Waals surface area (Å²) in [6, 6.07) is 8.17. The largest absolute Gasteiger partial charge is 0.496 e. The zero-order chi connectivity index (χ0) is 25.7. The molecule has 0 aliphatic carbocycles. The van der Waals surface area contributed by atoms with Gasteiger partial charge in [0.25, 0.3) is 5.91 Å². The van der Waals surface area contributed by atoms with Gasteiger partial charge in [-0.2, -0.15) is 0 Å². The van der Waals surface area contributed by atoms with E-state index >= 15 is 0 Å². The number of hydrogen-bond donors (Lipinski definition) is 1. The van der Waals surface area contributed by atoms with Gasteiger partial charge in [-0.05, 0) is 89.2 Å². The maximum atomic E-state index is 14.1. The van der Waals surface area contributed by atoms with Gasteiger partial charge < -0.3 is 14.6 Å². The Morgan fingerprint density at radius 2 is 1.89 bits per heavy atom. The lowest BCUT2D eigenvalue weighted by molar-refractivity contribution is 0.00578. The average molecular weight is 490 g/mol. The first-order valence-corrected chi connectivity index (χ1v) is 12.5. The third kappa shape index (κ3) is 4.40. The molecule has 1 unspecified atom stereocenters. The minimum atomic E-state index is -0.553. The van der Waals surface area contributed by atoms with Crippen molar-refractivity contribution in [2.24, 2.45) is 0 Å². The van der Waals surface area contributed by atoms with Crippen molar-refractivity contribution in [3.05, 3.63) is 59.8 Å². The van der Waals surface area contributed by atoms with E-state index in [0.29, 0.717) is 23.4 Å². The molecule has 9 heteroatoms. The molecule has 1 amide bonds. The van der Waals surface area contributed by atoms with Gasteiger partial charge in [0.15, 0.2) is 0 Å². The molecule has 2 aromatic heterocycles. The van der Waals surface area contributed by atoms with Gasteiger partial charge in [-0.25, -0.2) is 9.37 Å². The minimum absolute atomic E-state index is 0.0987. The Kier molecular flexibility index (Phi) is 6.35. The number of amides is 1. The lowest BCUT2D eigenvalue weighted by atomic mass is 9.80. The molecule has 0 spiro atoms. The molecule has 7 nitrogen and oxygen atoms in total. The van der Waals surface area contributed by atoms with Crippen LogP contribution in [-0.2, 0) is 9.31 Å². The lowest BCUT2D eigenvalue weighted by Crippen LogP contribution is -2.49. The van der Waals surface area contributed by atoms with Crippen molar-refractivity contribution in [1.29, 1.82) is 0 Å². The van der Waals surface area contributed by atoms with E-state index in [-0.39, 0.29) is 17.8 Å². The fourth-order valence-corrected chi connectivity index (χ4v) is 4.90. The predicted molar refractivity (Wildman–Crippen MR) is 139 cm³/mol. The van der Waals surface area contributed by atoms with Crippen LogP contribution in [-0.4, -0.2) is 53.3 Å². The second kappa shape index (κ2) is 9.21. The molecule has 5 rings (SSSR count). The van der Waals surface area contributed by atoms with Crippen molar-refractivity contribution in [3.8, 4) is 0 Å². The normalized spacial score (nSPS) is 21.1. The average Bonchev–Trinajstić information content (AvgIpc) is 3.06. The molecule has 1 atom stereocenters. The predicted octanol–water partition coefficient (Wildman–Crippen LogP) is 3.78. The monoisotopic (exact) mass is 490 g/mol. The molecule has 4 heterocycles. The first-order valence-electron chi connectivity index (χ1n) is 12.5. The number of carbonyl (C=O) groups excluding carboxylic acids is 1. The van der Waals surface area contributed by atoms with Gasteiger partial charge in [0.1, 0.15) is 17.3 Å². The summed E-state index contributed by atoms with van der Waals surface area (Å²) in [6.07, 6.45) is 5.05. The highest BCUT2D eigenvalue weighted by molar-refractivity contribution is 6.62. The van der Waals surface area contributed by atoms with Crippen molar-refractivity contribution in [2.45, 2.75) is 64.7 Å². The number of carbonyl (C=O) groups is 1. The summed E-state index contributed by atoms with van der Waals surface area (Å²) in [5, 5.41) is 4.87.